The van der Waals surface area contributed by atoms with Crippen molar-refractivity contribution in [1.29, 1.82) is 0 Å². The van der Waals surface area contributed by atoms with Gasteiger partial charge < -0.3 is 10.6 Å². The molecule has 1 aliphatic heterocycles. The van der Waals surface area contributed by atoms with Crippen molar-refractivity contribution >= 4 is 15.9 Å². The molecule has 20 heavy (non-hydrogen) atoms. The van der Waals surface area contributed by atoms with Crippen molar-refractivity contribution in [1.82, 2.24) is 9.80 Å². The van der Waals surface area contributed by atoms with Crippen molar-refractivity contribution < 1.29 is 0 Å². The maximum absolute atomic E-state index is 6.29. The number of hydrogen-bond donors (Lipinski definition) is 1. The van der Waals surface area contributed by atoms with E-state index in [1.165, 1.54) is 31.7 Å². The Kier molecular flexibility index (Phi) is 6.02. The molecule has 0 aliphatic carbocycles. The molecule has 0 radical (unpaired) electrons. The van der Waals surface area contributed by atoms with Gasteiger partial charge in [-0.25, -0.2) is 0 Å². The summed E-state index contributed by atoms with van der Waals surface area (Å²) in [7, 11) is 0. The van der Waals surface area contributed by atoms with Crippen LogP contribution < -0.4 is 5.73 Å². The van der Waals surface area contributed by atoms with Crippen LogP contribution in [0.3, 0.4) is 0 Å². The predicted molar refractivity (Wildman–Crippen MR) is 88.8 cm³/mol. The standard InChI is InChI=1S/C16H26BrN3/c1-13(2)20-11-9-19(10-12-20)8-7-16(18)14-3-5-15(17)6-4-14/h3-6,13,16H,7-12,18H2,1-2H3. The molecule has 1 aliphatic rings. The third-order valence-corrected chi connectivity index (χ3v) is 4.72. The maximum atomic E-state index is 6.29. The average molecular weight is 340 g/mol. The Labute approximate surface area is 131 Å². The van der Waals surface area contributed by atoms with E-state index in [1.54, 1.807) is 0 Å². The molecule has 0 bridgehead atoms. The molecule has 0 aromatic heterocycles. The summed E-state index contributed by atoms with van der Waals surface area (Å²) < 4.78 is 1.11. The fourth-order valence-electron chi connectivity index (χ4n) is 2.70. The van der Waals surface area contributed by atoms with E-state index in [-0.39, 0.29) is 6.04 Å². The van der Waals surface area contributed by atoms with Gasteiger partial charge in [-0.2, -0.15) is 0 Å². The highest BCUT2D eigenvalue weighted by atomic mass is 79.9. The minimum Gasteiger partial charge on any atom is -0.324 e. The van der Waals surface area contributed by atoms with Crippen LogP contribution >= 0.6 is 15.9 Å². The monoisotopic (exact) mass is 339 g/mol. The van der Waals surface area contributed by atoms with Gasteiger partial charge in [-0.1, -0.05) is 28.1 Å². The molecule has 0 spiro atoms. The summed E-state index contributed by atoms with van der Waals surface area (Å²) in [5.74, 6) is 0. The van der Waals surface area contributed by atoms with Crippen LogP contribution in [0.5, 0.6) is 0 Å². The Bertz CT molecular complexity index is 397. The molecule has 1 saturated heterocycles. The largest absolute Gasteiger partial charge is 0.324 e. The number of rotatable bonds is 5. The van der Waals surface area contributed by atoms with Crippen LogP contribution in [-0.4, -0.2) is 48.6 Å². The maximum Gasteiger partial charge on any atom is 0.0307 e. The first-order chi connectivity index (χ1) is 9.56. The van der Waals surface area contributed by atoms with E-state index in [9.17, 15) is 0 Å². The van der Waals surface area contributed by atoms with Crippen molar-refractivity contribution in [3.05, 3.63) is 34.3 Å². The molecule has 3 nitrogen and oxygen atoms in total. The Morgan fingerprint density at radius 3 is 2.25 bits per heavy atom. The lowest BCUT2D eigenvalue weighted by atomic mass is 10.0. The first-order valence-electron chi connectivity index (χ1n) is 7.53. The van der Waals surface area contributed by atoms with Crippen molar-refractivity contribution in [3.63, 3.8) is 0 Å². The molecule has 1 aromatic carbocycles. The molecule has 1 aromatic rings. The van der Waals surface area contributed by atoms with Crippen LogP contribution in [0.25, 0.3) is 0 Å². The van der Waals surface area contributed by atoms with Crippen molar-refractivity contribution in [2.45, 2.75) is 32.4 Å². The normalized spacial score (nSPS) is 19.4. The van der Waals surface area contributed by atoms with E-state index >= 15 is 0 Å². The Morgan fingerprint density at radius 2 is 1.70 bits per heavy atom. The molecule has 1 fully saturated rings. The lowest BCUT2D eigenvalue weighted by Crippen LogP contribution is -2.49. The number of piperazine rings is 1. The number of nitrogens with zero attached hydrogens (tertiary/aromatic N) is 2. The second-order valence-corrected chi connectivity index (χ2v) is 6.83. The van der Waals surface area contributed by atoms with Gasteiger partial charge >= 0.3 is 0 Å². The smallest absolute Gasteiger partial charge is 0.0307 e. The first-order valence-corrected chi connectivity index (χ1v) is 8.33. The van der Waals surface area contributed by atoms with Gasteiger partial charge in [0.05, 0.1) is 0 Å². The second-order valence-electron chi connectivity index (χ2n) is 5.92. The van der Waals surface area contributed by atoms with Gasteiger partial charge in [-0.05, 0) is 38.0 Å². The molecule has 1 heterocycles. The van der Waals surface area contributed by atoms with E-state index in [0.717, 1.165) is 17.4 Å². The number of halogens is 1. The zero-order valence-corrected chi connectivity index (χ0v) is 14.1. The summed E-state index contributed by atoms with van der Waals surface area (Å²) >= 11 is 3.46. The Hall–Kier alpha value is -0.420. The molecule has 112 valence electrons. The summed E-state index contributed by atoms with van der Waals surface area (Å²) in [5.41, 5.74) is 7.52. The lowest BCUT2D eigenvalue weighted by molar-refractivity contribution is 0.106. The Balaban J connectivity index is 1.74. The van der Waals surface area contributed by atoms with Gasteiger partial charge in [0.1, 0.15) is 0 Å². The van der Waals surface area contributed by atoms with E-state index in [2.05, 4.69) is 63.8 Å². The van der Waals surface area contributed by atoms with Crippen LogP contribution in [0.4, 0.5) is 0 Å². The fraction of sp³-hybridized carbons (Fsp3) is 0.625. The molecule has 1 atom stereocenters. The molecule has 2 rings (SSSR count). The van der Waals surface area contributed by atoms with Gasteiger partial charge in [0, 0.05) is 49.3 Å². The third kappa shape index (κ3) is 4.55. The Morgan fingerprint density at radius 1 is 1.10 bits per heavy atom. The summed E-state index contributed by atoms with van der Waals surface area (Å²) in [6.07, 6.45) is 1.03. The van der Waals surface area contributed by atoms with Crippen molar-refractivity contribution in [3.8, 4) is 0 Å². The zero-order valence-electron chi connectivity index (χ0n) is 12.6. The van der Waals surface area contributed by atoms with Crippen LogP contribution in [0.15, 0.2) is 28.7 Å². The van der Waals surface area contributed by atoms with Crippen molar-refractivity contribution in [2.24, 2.45) is 5.73 Å². The first kappa shape index (κ1) is 16.0. The van der Waals surface area contributed by atoms with Gasteiger partial charge in [-0.3, -0.25) is 4.90 Å². The van der Waals surface area contributed by atoms with Crippen LogP contribution in [0.1, 0.15) is 31.9 Å². The summed E-state index contributed by atoms with van der Waals surface area (Å²) in [6, 6.07) is 9.18. The van der Waals surface area contributed by atoms with Crippen LogP contribution in [0, 0.1) is 0 Å². The van der Waals surface area contributed by atoms with Gasteiger partial charge in [0.2, 0.25) is 0 Å². The minimum absolute atomic E-state index is 0.145. The summed E-state index contributed by atoms with van der Waals surface area (Å²) in [6.45, 7) is 10.4. The van der Waals surface area contributed by atoms with E-state index < -0.39 is 0 Å². The summed E-state index contributed by atoms with van der Waals surface area (Å²) in [4.78, 5) is 5.09. The quantitative estimate of drug-likeness (QED) is 0.895. The molecular formula is C16H26BrN3. The zero-order chi connectivity index (χ0) is 14.5. The lowest BCUT2D eigenvalue weighted by Gasteiger charge is -2.37. The molecule has 0 amide bonds. The van der Waals surface area contributed by atoms with E-state index in [0.29, 0.717) is 6.04 Å². The topological polar surface area (TPSA) is 32.5 Å². The highest BCUT2D eigenvalue weighted by Crippen LogP contribution is 2.18. The van der Waals surface area contributed by atoms with E-state index in [1.807, 2.05) is 0 Å². The highest BCUT2D eigenvalue weighted by Gasteiger charge is 2.19. The highest BCUT2D eigenvalue weighted by molar-refractivity contribution is 9.10. The molecule has 1 unspecified atom stereocenters. The number of hydrogen-bond acceptors (Lipinski definition) is 3. The number of benzene rings is 1. The molecule has 2 N–H and O–H groups in total. The van der Waals surface area contributed by atoms with E-state index in [4.69, 9.17) is 5.73 Å². The van der Waals surface area contributed by atoms with Crippen LogP contribution in [0.2, 0.25) is 0 Å². The molecule has 0 saturated carbocycles. The minimum atomic E-state index is 0.145. The van der Waals surface area contributed by atoms with Crippen LogP contribution in [-0.2, 0) is 0 Å². The summed E-state index contributed by atoms with van der Waals surface area (Å²) in [5, 5.41) is 0. The SMILES string of the molecule is CC(C)N1CCN(CCC(N)c2ccc(Br)cc2)CC1. The average Bonchev–Trinajstić information content (AvgIpc) is 2.46. The second kappa shape index (κ2) is 7.55. The third-order valence-electron chi connectivity index (χ3n) is 4.19. The van der Waals surface area contributed by atoms with Gasteiger partial charge in [0.15, 0.2) is 0 Å². The van der Waals surface area contributed by atoms with Gasteiger partial charge in [-0.15, -0.1) is 0 Å². The molecular weight excluding hydrogens is 314 g/mol. The number of nitrogens with two attached hydrogens (primary N) is 1. The molecule has 4 heteroatoms. The van der Waals surface area contributed by atoms with Gasteiger partial charge in [0.25, 0.3) is 0 Å². The predicted octanol–water partition coefficient (Wildman–Crippen LogP) is 2.87. The fourth-order valence-corrected chi connectivity index (χ4v) is 2.97. The van der Waals surface area contributed by atoms with Crippen molar-refractivity contribution in [2.75, 3.05) is 32.7 Å².